The number of ketones is 2. The van der Waals surface area contributed by atoms with Gasteiger partial charge in [0.05, 0.1) is 86.7 Å². The SMILES string of the molecule is CO[C@H]1C/C=C\C=C/[C@H](OC)C[C@H](O)CC(=O)O[C@@H](C[C@H](OC)[C@@H](C)CCC(=O)[C@H](C)[C@@H](C/C=C/N(C)C=O)OC)C(C)(C)[C@@H](O)Cc2nc(co2)[C@@H](OC)C/C=C\C=C/[C@H](OC)C[C@H](O)CC(=O)O[C@@H](C[C@H](OC)[C@@H](C)CCC(=O)[C@H](C)[C@@H](C/C=C/N(C)C=O)OC)C(C)(C)[C@H](O)Cc2nc1co2. The highest BCUT2D eigenvalue weighted by atomic mass is 16.6. The molecule has 0 aliphatic carbocycles. The van der Waals surface area contributed by atoms with Crippen molar-refractivity contribution in [3.63, 3.8) is 0 Å². The summed E-state index contributed by atoms with van der Waals surface area (Å²) >= 11 is 0. The number of methoxy groups -OCH3 is 8. The van der Waals surface area contributed by atoms with E-state index in [1.54, 1.807) is 117 Å². The fourth-order valence-electron chi connectivity index (χ4n) is 12.4. The summed E-state index contributed by atoms with van der Waals surface area (Å²) in [4.78, 5) is 89.7. The van der Waals surface area contributed by atoms with Crippen LogP contribution in [0, 0.1) is 34.5 Å². The van der Waals surface area contributed by atoms with Gasteiger partial charge in [0.15, 0.2) is 11.8 Å². The van der Waals surface area contributed by atoms with Crippen molar-refractivity contribution in [1.29, 1.82) is 0 Å². The second kappa shape index (κ2) is 48.0. The van der Waals surface area contributed by atoms with Crippen LogP contribution in [-0.2, 0) is 89.0 Å². The first-order valence-electron chi connectivity index (χ1n) is 36.0. The first-order valence-corrected chi connectivity index (χ1v) is 36.0. The predicted octanol–water partition coefficient (Wildman–Crippen LogP) is 9.82. The molecule has 0 saturated carbocycles. The second-order valence-corrected chi connectivity index (χ2v) is 28.5. The molecule has 0 radical (unpaired) electrons. The number of Topliss-reactive ketones (excluding diaryl/α,β-unsaturated/α-hetero) is 2. The smallest absolute Gasteiger partial charge is 0.308 e. The molecule has 2 aromatic rings. The zero-order valence-electron chi connectivity index (χ0n) is 64.9. The third-order valence-electron chi connectivity index (χ3n) is 20.2. The van der Waals surface area contributed by atoms with E-state index < -0.39 is 133 Å². The standard InChI is InChI=1S/C78H124N4O22/c1-51(33-35-61(87)53(3)63(95-13)31-25-37-81(9)49-83)67(99-17)43-71-77(5,6)69(89)45-73-79-59(47-101-73)65(97-15)29-23-20-22-28-58(94-12)40-56(86)42-76(92)104-72(44-68(100-18)52(2)34-36-62(88)54(4)64(96-14)32-26-38-82(10)50-84)78(7,8)70(90)46-74-80-60(48-102-74)66(98-16)30-24-19-21-27-57(93-11)39-55(85)41-75(91)103-71/h19-28,37-38,47-58,63-72,85-86,89-90H,29-36,39-46H2,1-18H3/b23-20-,24-19-,27-21-,28-22-,37-25+,38-26+/t51-,52-,53-,54-,55-,56-,57-,58-,63+,64+,65-,66-,67-,68-,69-,70+,71-,72-/m0/s1. The van der Waals surface area contributed by atoms with E-state index in [4.69, 9.17) is 66.2 Å². The van der Waals surface area contributed by atoms with Crippen LogP contribution in [0.2, 0.25) is 0 Å². The Bertz CT molecular complexity index is 2810. The molecule has 26 nitrogen and oxygen atoms in total. The van der Waals surface area contributed by atoms with Crippen molar-refractivity contribution in [2.75, 3.05) is 71.0 Å². The normalized spacial score (nSPS) is 26.9. The van der Waals surface area contributed by atoms with Crippen LogP contribution < -0.4 is 0 Å². The summed E-state index contributed by atoms with van der Waals surface area (Å²) in [6.07, 6.45) is 16.1. The highest BCUT2D eigenvalue weighted by molar-refractivity contribution is 5.81. The summed E-state index contributed by atoms with van der Waals surface area (Å²) in [5.74, 6) is -2.49. The Hall–Kier alpha value is -6.40. The lowest BCUT2D eigenvalue weighted by atomic mass is 9.75. The van der Waals surface area contributed by atoms with Gasteiger partial charge >= 0.3 is 11.9 Å². The predicted molar refractivity (Wildman–Crippen MR) is 390 cm³/mol. The van der Waals surface area contributed by atoms with Crippen molar-refractivity contribution in [1.82, 2.24) is 19.8 Å². The van der Waals surface area contributed by atoms with E-state index >= 15 is 0 Å². The molecule has 2 aromatic heterocycles. The number of amides is 2. The first kappa shape index (κ1) is 91.8. The number of allylic oxidation sites excluding steroid dienone is 4. The first-order chi connectivity index (χ1) is 49.4. The summed E-state index contributed by atoms with van der Waals surface area (Å²) in [7, 11) is 15.4. The van der Waals surface area contributed by atoms with E-state index in [0.717, 1.165) is 0 Å². The van der Waals surface area contributed by atoms with Crippen molar-refractivity contribution in [2.45, 2.75) is 244 Å². The Morgan fingerprint density at radius 3 is 1.22 bits per heavy atom. The lowest BCUT2D eigenvalue weighted by Crippen LogP contribution is -2.46. The number of carbonyl (C=O) groups excluding carboxylic acids is 6. The Balaban J connectivity index is 1.99. The molecular formula is C78H124N4O22. The lowest BCUT2D eigenvalue weighted by molar-refractivity contribution is -0.169. The van der Waals surface area contributed by atoms with Crippen molar-refractivity contribution in [3.8, 4) is 0 Å². The van der Waals surface area contributed by atoms with Crippen LogP contribution in [0.1, 0.15) is 181 Å². The van der Waals surface area contributed by atoms with Gasteiger partial charge in [-0.1, -0.05) is 116 Å². The Labute approximate surface area is 616 Å². The highest BCUT2D eigenvalue weighted by Crippen LogP contribution is 2.38. The number of fused-ring (bicyclic) bond motifs is 4. The van der Waals surface area contributed by atoms with E-state index in [2.05, 4.69) is 0 Å². The van der Waals surface area contributed by atoms with Gasteiger partial charge in [0.25, 0.3) is 0 Å². The number of aliphatic hydroxyl groups is 4. The minimum atomic E-state index is -1.21. The van der Waals surface area contributed by atoms with Gasteiger partial charge in [0, 0.05) is 145 Å². The fourth-order valence-corrected chi connectivity index (χ4v) is 12.4. The van der Waals surface area contributed by atoms with Crippen LogP contribution in [0.15, 0.2) is 94.5 Å². The quantitative estimate of drug-likeness (QED) is 0.0391. The molecule has 0 aromatic carbocycles. The molecule has 1 aliphatic rings. The molecule has 3 heterocycles. The van der Waals surface area contributed by atoms with E-state index in [1.807, 2.05) is 39.8 Å². The highest BCUT2D eigenvalue weighted by Gasteiger charge is 2.44. The van der Waals surface area contributed by atoms with Gasteiger partial charge in [-0.05, 0) is 50.4 Å². The fraction of sp³-hybridized carbons (Fsp3) is 0.692. The topological polar surface area (TPSA) is 334 Å². The Kier molecular flexibility index (Phi) is 42.4. The van der Waals surface area contributed by atoms with Crippen LogP contribution in [0.5, 0.6) is 0 Å². The van der Waals surface area contributed by atoms with E-state index in [9.17, 15) is 49.2 Å². The number of esters is 2. The molecule has 2 amide bonds. The van der Waals surface area contributed by atoms with Crippen LogP contribution in [0.25, 0.3) is 0 Å². The maximum Gasteiger partial charge on any atom is 0.308 e. The second-order valence-electron chi connectivity index (χ2n) is 28.5. The van der Waals surface area contributed by atoms with Gasteiger partial charge in [-0.2, -0.15) is 0 Å². The summed E-state index contributed by atoms with van der Waals surface area (Å²) < 4.78 is 70.9. The third-order valence-corrected chi connectivity index (χ3v) is 20.2. The molecule has 4 bridgehead atoms. The summed E-state index contributed by atoms with van der Waals surface area (Å²) in [6.45, 7) is 14.6. The molecule has 26 heteroatoms. The zero-order valence-corrected chi connectivity index (χ0v) is 64.9. The maximum absolute atomic E-state index is 14.1. The number of aromatic nitrogens is 2. The largest absolute Gasteiger partial charge is 0.462 e. The number of ether oxygens (including phenoxy) is 10. The number of aliphatic hydroxyl groups excluding tert-OH is 4. The molecule has 4 N–H and O–H groups in total. The number of hydrogen-bond acceptors (Lipinski definition) is 24. The van der Waals surface area contributed by atoms with Gasteiger partial charge in [-0.3, -0.25) is 28.8 Å². The molecule has 0 fully saturated rings. The average Bonchev–Trinajstić information content (AvgIpc) is 1.15. The van der Waals surface area contributed by atoms with Gasteiger partial charge in [0.1, 0.15) is 59.9 Å². The van der Waals surface area contributed by atoms with Gasteiger partial charge in [0.2, 0.25) is 12.8 Å². The van der Waals surface area contributed by atoms with Crippen molar-refractivity contribution in [3.05, 3.63) is 109 Å². The van der Waals surface area contributed by atoms with E-state index in [0.29, 0.717) is 62.7 Å². The van der Waals surface area contributed by atoms with E-state index in [1.165, 1.54) is 65.0 Å². The molecule has 104 heavy (non-hydrogen) atoms. The monoisotopic (exact) mass is 1470 g/mol. The van der Waals surface area contributed by atoms with Crippen molar-refractivity contribution in [2.24, 2.45) is 34.5 Å². The summed E-state index contributed by atoms with van der Waals surface area (Å²) in [5.41, 5.74) is -1.47. The van der Waals surface area contributed by atoms with Crippen molar-refractivity contribution < 1.29 is 105 Å². The number of carbonyl (C=O) groups is 6. The third kappa shape index (κ3) is 31.2. The Morgan fingerprint density at radius 2 is 0.904 bits per heavy atom. The minimum absolute atomic E-state index is 0.0193. The summed E-state index contributed by atoms with van der Waals surface area (Å²) in [5, 5.41) is 47.1. The average molecular weight is 1470 g/mol. The molecule has 588 valence electrons. The van der Waals surface area contributed by atoms with Crippen LogP contribution in [0.4, 0.5) is 0 Å². The lowest BCUT2D eigenvalue weighted by Gasteiger charge is -2.40. The van der Waals surface area contributed by atoms with Gasteiger partial charge in [-0.25, -0.2) is 9.97 Å². The number of nitrogens with zero attached hydrogens (tertiary/aromatic N) is 4. The molecule has 18 atom stereocenters. The Morgan fingerprint density at radius 1 is 0.548 bits per heavy atom. The van der Waals surface area contributed by atoms with Gasteiger partial charge < -0.3 is 86.4 Å². The number of oxazole rings is 2. The number of hydrogen-bond donors (Lipinski definition) is 4. The molecule has 1 aliphatic heterocycles. The summed E-state index contributed by atoms with van der Waals surface area (Å²) in [6, 6.07) is 0. The van der Waals surface area contributed by atoms with Crippen LogP contribution in [0.3, 0.4) is 0 Å². The minimum Gasteiger partial charge on any atom is -0.462 e. The van der Waals surface area contributed by atoms with E-state index in [-0.39, 0.29) is 86.6 Å². The number of rotatable bonds is 32. The molecule has 3 rings (SSSR count). The molecular weight excluding hydrogens is 1340 g/mol. The van der Waals surface area contributed by atoms with Crippen LogP contribution >= 0.6 is 0 Å². The van der Waals surface area contributed by atoms with Crippen molar-refractivity contribution >= 4 is 36.3 Å². The molecule has 0 saturated heterocycles. The zero-order chi connectivity index (χ0) is 77.7. The molecule has 0 spiro atoms. The molecule has 0 unspecified atom stereocenters. The maximum atomic E-state index is 14.1. The van der Waals surface area contributed by atoms with Gasteiger partial charge in [-0.15, -0.1) is 0 Å². The number of cyclic esters (lactones) is 2. The van der Waals surface area contributed by atoms with Crippen LogP contribution in [-0.4, -0.2) is 221 Å².